The number of halogens is 1. The molecule has 0 saturated heterocycles. The van der Waals surface area contributed by atoms with E-state index < -0.39 is 0 Å². The molecule has 0 aromatic heterocycles. The highest BCUT2D eigenvalue weighted by Gasteiger charge is 2.15. The van der Waals surface area contributed by atoms with Gasteiger partial charge in [0, 0.05) is 10.0 Å². The van der Waals surface area contributed by atoms with Gasteiger partial charge in [0.2, 0.25) is 0 Å². The summed E-state index contributed by atoms with van der Waals surface area (Å²) in [4.78, 5) is 12.6. The van der Waals surface area contributed by atoms with Crippen LogP contribution in [0.25, 0.3) is 0 Å². The second-order valence-electron chi connectivity index (χ2n) is 4.55. The lowest BCUT2D eigenvalue weighted by Crippen LogP contribution is -2.05. The zero-order valence-corrected chi connectivity index (χ0v) is 12.7. The third-order valence-corrected chi connectivity index (χ3v) is 3.38. The first kappa shape index (κ1) is 13.8. The summed E-state index contributed by atoms with van der Waals surface area (Å²) in [6, 6.07) is 11.3. The van der Waals surface area contributed by atoms with Gasteiger partial charge in [-0.25, -0.2) is 0 Å². The summed E-state index contributed by atoms with van der Waals surface area (Å²) in [6.45, 7) is 3.98. The van der Waals surface area contributed by atoms with Gasteiger partial charge in [0.1, 0.15) is 5.75 Å². The molecule has 2 rings (SSSR count). The quantitative estimate of drug-likeness (QED) is 0.788. The van der Waals surface area contributed by atoms with Gasteiger partial charge >= 0.3 is 0 Å². The number of methoxy groups -OCH3 is 1. The van der Waals surface area contributed by atoms with Gasteiger partial charge in [0.05, 0.1) is 12.7 Å². The molecule has 0 heterocycles. The third kappa shape index (κ3) is 3.04. The molecule has 2 aromatic carbocycles. The van der Waals surface area contributed by atoms with E-state index >= 15 is 0 Å². The first-order valence-electron chi connectivity index (χ1n) is 5.98. The zero-order valence-electron chi connectivity index (χ0n) is 11.2. The lowest BCUT2D eigenvalue weighted by atomic mass is 9.99. The molecule has 0 aliphatic rings. The van der Waals surface area contributed by atoms with Crippen LogP contribution in [0.2, 0.25) is 0 Å². The number of carbonyl (C=O) groups excluding carboxylic acids is 1. The van der Waals surface area contributed by atoms with Crippen molar-refractivity contribution in [1.82, 2.24) is 0 Å². The van der Waals surface area contributed by atoms with Crippen molar-refractivity contribution < 1.29 is 9.53 Å². The molecule has 0 saturated carbocycles. The highest BCUT2D eigenvalue weighted by Crippen LogP contribution is 2.26. The summed E-state index contributed by atoms with van der Waals surface area (Å²) >= 11 is 3.39. The molecular weight excluding hydrogens is 304 g/mol. The van der Waals surface area contributed by atoms with Crippen LogP contribution in [0.3, 0.4) is 0 Å². The largest absolute Gasteiger partial charge is 0.496 e. The van der Waals surface area contributed by atoms with E-state index in [9.17, 15) is 4.79 Å². The first-order valence-corrected chi connectivity index (χ1v) is 6.77. The van der Waals surface area contributed by atoms with Gasteiger partial charge in [-0.15, -0.1) is 0 Å². The van der Waals surface area contributed by atoms with E-state index in [4.69, 9.17) is 4.74 Å². The Morgan fingerprint density at radius 2 is 1.68 bits per heavy atom. The maximum absolute atomic E-state index is 12.6. The van der Waals surface area contributed by atoms with Crippen LogP contribution >= 0.6 is 15.9 Å². The molecule has 0 bridgehead atoms. The van der Waals surface area contributed by atoms with Crippen LogP contribution in [0.5, 0.6) is 5.75 Å². The molecular formula is C16H15BrO2. The molecule has 19 heavy (non-hydrogen) atoms. The van der Waals surface area contributed by atoms with Crippen molar-refractivity contribution in [2.75, 3.05) is 7.11 Å². The molecule has 0 spiro atoms. The summed E-state index contributed by atoms with van der Waals surface area (Å²) in [6.07, 6.45) is 0. The SMILES string of the molecule is COc1ccc(Br)cc1C(=O)c1cc(C)cc(C)c1. The fourth-order valence-corrected chi connectivity index (χ4v) is 2.48. The van der Waals surface area contributed by atoms with Crippen molar-refractivity contribution >= 4 is 21.7 Å². The van der Waals surface area contributed by atoms with E-state index in [1.165, 1.54) is 0 Å². The molecule has 2 nitrogen and oxygen atoms in total. The van der Waals surface area contributed by atoms with Crippen molar-refractivity contribution in [3.05, 3.63) is 63.1 Å². The number of benzene rings is 2. The Kier molecular flexibility index (Phi) is 4.05. The maximum atomic E-state index is 12.6. The van der Waals surface area contributed by atoms with Crippen LogP contribution in [-0.2, 0) is 0 Å². The average Bonchev–Trinajstić information content (AvgIpc) is 2.36. The Balaban J connectivity index is 2.52. The highest BCUT2D eigenvalue weighted by molar-refractivity contribution is 9.10. The highest BCUT2D eigenvalue weighted by atomic mass is 79.9. The molecule has 0 atom stereocenters. The van der Waals surface area contributed by atoms with Crippen molar-refractivity contribution in [3.8, 4) is 5.75 Å². The first-order chi connectivity index (χ1) is 9.01. The minimum Gasteiger partial charge on any atom is -0.496 e. The van der Waals surface area contributed by atoms with Gasteiger partial charge in [0.25, 0.3) is 0 Å². The predicted molar refractivity (Wildman–Crippen MR) is 80.0 cm³/mol. The molecule has 0 fully saturated rings. The van der Waals surface area contributed by atoms with Crippen LogP contribution in [0.15, 0.2) is 40.9 Å². The molecule has 0 amide bonds. The number of aryl methyl sites for hydroxylation is 2. The normalized spacial score (nSPS) is 10.3. The summed E-state index contributed by atoms with van der Waals surface area (Å²) in [5, 5.41) is 0. The Morgan fingerprint density at radius 1 is 1.05 bits per heavy atom. The average molecular weight is 319 g/mol. The lowest BCUT2D eigenvalue weighted by molar-refractivity contribution is 0.103. The molecule has 0 aliphatic carbocycles. The summed E-state index contributed by atoms with van der Waals surface area (Å²) in [5.74, 6) is 0.567. The topological polar surface area (TPSA) is 26.3 Å². The predicted octanol–water partition coefficient (Wildman–Crippen LogP) is 4.31. The fraction of sp³-hybridized carbons (Fsp3) is 0.188. The van der Waals surface area contributed by atoms with Crippen LogP contribution in [0.4, 0.5) is 0 Å². The smallest absolute Gasteiger partial charge is 0.196 e. The number of ketones is 1. The number of hydrogen-bond acceptors (Lipinski definition) is 2. The molecule has 0 aliphatic heterocycles. The number of hydrogen-bond donors (Lipinski definition) is 0. The van der Waals surface area contributed by atoms with Gasteiger partial charge in [0.15, 0.2) is 5.78 Å². The number of ether oxygens (including phenoxy) is 1. The van der Waals surface area contributed by atoms with E-state index in [2.05, 4.69) is 22.0 Å². The van der Waals surface area contributed by atoms with Crippen molar-refractivity contribution in [2.24, 2.45) is 0 Å². The van der Waals surface area contributed by atoms with Crippen LogP contribution in [0, 0.1) is 13.8 Å². The Hall–Kier alpha value is -1.61. The maximum Gasteiger partial charge on any atom is 0.196 e. The second kappa shape index (κ2) is 5.57. The zero-order chi connectivity index (χ0) is 14.0. The fourth-order valence-electron chi connectivity index (χ4n) is 2.12. The van der Waals surface area contributed by atoms with Crippen LogP contribution in [0.1, 0.15) is 27.0 Å². The van der Waals surface area contributed by atoms with Gasteiger partial charge < -0.3 is 4.74 Å². The standard InChI is InChI=1S/C16H15BrO2/c1-10-6-11(2)8-12(7-10)16(18)14-9-13(17)4-5-15(14)19-3/h4-9H,1-3H3. The Labute approximate surface area is 121 Å². The van der Waals surface area contributed by atoms with E-state index in [1.54, 1.807) is 19.2 Å². The van der Waals surface area contributed by atoms with Gasteiger partial charge in [-0.05, 0) is 44.2 Å². The molecule has 0 unspecified atom stereocenters. The van der Waals surface area contributed by atoms with Crippen molar-refractivity contribution in [2.45, 2.75) is 13.8 Å². The van der Waals surface area contributed by atoms with Crippen LogP contribution < -0.4 is 4.74 Å². The lowest BCUT2D eigenvalue weighted by Gasteiger charge is -2.09. The minimum atomic E-state index is -0.0232. The minimum absolute atomic E-state index is 0.0232. The Morgan fingerprint density at radius 3 is 2.26 bits per heavy atom. The molecule has 2 aromatic rings. The summed E-state index contributed by atoms with van der Waals surface area (Å²) < 4.78 is 6.12. The van der Waals surface area contributed by atoms with Gasteiger partial charge in [-0.3, -0.25) is 4.79 Å². The second-order valence-corrected chi connectivity index (χ2v) is 5.47. The van der Waals surface area contributed by atoms with E-state index in [0.29, 0.717) is 16.9 Å². The van der Waals surface area contributed by atoms with Gasteiger partial charge in [-0.2, -0.15) is 0 Å². The van der Waals surface area contributed by atoms with Gasteiger partial charge in [-0.1, -0.05) is 33.1 Å². The number of rotatable bonds is 3. The summed E-state index contributed by atoms with van der Waals surface area (Å²) in [7, 11) is 1.57. The van der Waals surface area contributed by atoms with E-state index in [1.807, 2.05) is 32.0 Å². The van der Waals surface area contributed by atoms with E-state index in [-0.39, 0.29) is 5.78 Å². The van der Waals surface area contributed by atoms with E-state index in [0.717, 1.165) is 15.6 Å². The summed E-state index contributed by atoms with van der Waals surface area (Å²) in [5.41, 5.74) is 3.42. The Bertz CT molecular complexity index is 612. The molecule has 3 heteroatoms. The third-order valence-electron chi connectivity index (χ3n) is 2.89. The molecule has 98 valence electrons. The van der Waals surface area contributed by atoms with Crippen LogP contribution in [-0.4, -0.2) is 12.9 Å². The monoisotopic (exact) mass is 318 g/mol. The number of carbonyl (C=O) groups is 1. The van der Waals surface area contributed by atoms with Crippen molar-refractivity contribution in [3.63, 3.8) is 0 Å². The molecule has 0 radical (unpaired) electrons. The molecule has 0 N–H and O–H groups in total. The van der Waals surface area contributed by atoms with Crippen molar-refractivity contribution in [1.29, 1.82) is 0 Å².